The average molecular weight is 274 g/mol. The Balaban J connectivity index is 2.06. The van der Waals surface area contributed by atoms with Crippen LogP contribution in [0.1, 0.15) is 49.9 Å². The summed E-state index contributed by atoms with van der Waals surface area (Å²) in [6, 6.07) is 7.46. The van der Waals surface area contributed by atoms with Gasteiger partial charge in [0.25, 0.3) is 5.91 Å². The van der Waals surface area contributed by atoms with Crippen LogP contribution in [0.25, 0.3) is 0 Å². The van der Waals surface area contributed by atoms with Crippen molar-refractivity contribution in [1.82, 2.24) is 5.32 Å². The van der Waals surface area contributed by atoms with Gasteiger partial charge in [-0.3, -0.25) is 9.59 Å². The first-order valence-corrected chi connectivity index (χ1v) is 7.33. The molecule has 1 atom stereocenters. The molecule has 1 unspecified atom stereocenters. The van der Waals surface area contributed by atoms with E-state index in [-0.39, 0.29) is 17.9 Å². The van der Waals surface area contributed by atoms with Gasteiger partial charge >= 0.3 is 0 Å². The fourth-order valence-electron chi connectivity index (χ4n) is 2.28. The van der Waals surface area contributed by atoms with Crippen molar-refractivity contribution < 1.29 is 9.59 Å². The first-order chi connectivity index (χ1) is 9.61. The largest absolute Gasteiger partial charge is 0.350 e. The zero-order valence-electron chi connectivity index (χ0n) is 12.2. The summed E-state index contributed by atoms with van der Waals surface area (Å²) in [5, 5.41) is 2.93. The molecule has 0 saturated carbocycles. The van der Waals surface area contributed by atoms with Crippen LogP contribution in [0.5, 0.6) is 0 Å². The number of carbonyl (C=O) groups is 2. The fraction of sp³-hybridized carbons (Fsp3) is 0.500. The SMILES string of the molecule is CCC(C)NC(=O)c1ccc(N2CCCCC2=O)cc1. The molecule has 1 saturated heterocycles. The number of anilines is 1. The van der Waals surface area contributed by atoms with Gasteiger partial charge < -0.3 is 10.2 Å². The first-order valence-electron chi connectivity index (χ1n) is 7.33. The highest BCUT2D eigenvalue weighted by atomic mass is 16.2. The minimum Gasteiger partial charge on any atom is -0.350 e. The second kappa shape index (κ2) is 6.55. The molecule has 2 amide bonds. The maximum absolute atomic E-state index is 12.0. The second-order valence-corrected chi connectivity index (χ2v) is 5.33. The number of amides is 2. The number of hydrogen-bond acceptors (Lipinski definition) is 2. The maximum Gasteiger partial charge on any atom is 0.251 e. The molecule has 1 aliphatic rings. The fourth-order valence-corrected chi connectivity index (χ4v) is 2.28. The quantitative estimate of drug-likeness (QED) is 0.917. The maximum atomic E-state index is 12.0. The second-order valence-electron chi connectivity index (χ2n) is 5.33. The molecule has 0 bridgehead atoms. The molecule has 0 radical (unpaired) electrons. The molecular formula is C16H22N2O2. The van der Waals surface area contributed by atoms with Crippen LogP contribution in [-0.2, 0) is 4.79 Å². The lowest BCUT2D eigenvalue weighted by molar-refractivity contribution is -0.119. The number of benzene rings is 1. The third-order valence-electron chi connectivity index (χ3n) is 3.75. The van der Waals surface area contributed by atoms with Crippen molar-refractivity contribution >= 4 is 17.5 Å². The number of nitrogens with one attached hydrogen (secondary N) is 1. The van der Waals surface area contributed by atoms with Crippen molar-refractivity contribution in [2.24, 2.45) is 0 Å². The lowest BCUT2D eigenvalue weighted by Crippen LogP contribution is -2.35. The van der Waals surface area contributed by atoms with Crippen LogP contribution < -0.4 is 10.2 Å². The van der Waals surface area contributed by atoms with E-state index in [4.69, 9.17) is 0 Å². The Morgan fingerprint density at radius 3 is 2.60 bits per heavy atom. The summed E-state index contributed by atoms with van der Waals surface area (Å²) < 4.78 is 0. The molecule has 0 aromatic heterocycles. The van der Waals surface area contributed by atoms with Crippen molar-refractivity contribution in [3.05, 3.63) is 29.8 Å². The first kappa shape index (κ1) is 14.6. The van der Waals surface area contributed by atoms with Crippen LogP contribution in [0.4, 0.5) is 5.69 Å². The monoisotopic (exact) mass is 274 g/mol. The van der Waals surface area contributed by atoms with E-state index >= 15 is 0 Å². The number of piperidine rings is 1. The molecular weight excluding hydrogens is 252 g/mol. The molecule has 0 spiro atoms. The third-order valence-corrected chi connectivity index (χ3v) is 3.75. The van der Waals surface area contributed by atoms with Crippen LogP contribution in [0.3, 0.4) is 0 Å². The van der Waals surface area contributed by atoms with E-state index in [1.807, 2.05) is 26.0 Å². The van der Waals surface area contributed by atoms with E-state index in [1.165, 1.54) is 0 Å². The van der Waals surface area contributed by atoms with Crippen molar-refractivity contribution in [2.45, 2.75) is 45.6 Å². The van der Waals surface area contributed by atoms with Crippen molar-refractivity contribution in [2.75, 3.05) is 11.4 Å². The Kier molecular flexibility index (Phi) is 4.77. The smallest absolute Gasteiger partial charge is 0.251 e. The van der Waals surface area contributed by atoms with E-state index in [1.54, 1.807) is 17.0 Å². The predicted molar refractivity (Wildman–Crippen MR) is 79.9 cm³/mol. The number of carbonyl (C=O) groups excluding carboxylic acids is 2. The molecule has 2 rings (SSSR count). The van der Waals surface area contributed by atoms with E-state index < -0.39 is 0 Å². The van der Waals surface area contributed by atoms with Crippen LogP contribution >= 0.6 is 0 Å². The minimum atomic E-state index is -0.0594. The molecule has 0 aliphatic carbocycles. The van der Waals surface area contributed by atoms with Gasteiger partial charge in [0.15, 0.2) is 0 Å². The summed E-state index contributed by atoms with van der Waals surface area (Å²) >= 11 is 0. The van der Waals surface area contributed by atoms with E-state index in [9.17, 15) is 9.59 Å². The molecule has 1 heterocycles. The highest BCUT2D eigenvalue weighted by Gasteiger charge is 2.19. The van der Waals surface area contributed by atoms with E-state index in [0.717, 1.165) is 31.5 Å². The zero-order chi connectivity index (χ0) is 14.5. The van der Waals surface area contributed by atoms with Gasteiger partial charge in [-0.2, -0.15) is 0 Å². The molecule has 1 fully saturated rings. The van der Waals surface area contributed by atoms with E-state index in [0.29, 0.717) is 12.0 Å². The molecule has 20 heavy (non-hydrogen) atoms. The Morgan fingerprint density at radius 2 is 2.00 bits per heavy atom. The Hall–Kier alpha value is -1.84. The van der Waals surface area contributed by atoms with Crippen LogP contribution in [0, 0.1) is 0 Å². The van der Waals surface area contributed by atoms with Crippen LogP contribution in [0.2, 0.25) is 0 Å². The minimum absolute atomic E-state index is 0.0594. The number of hydrogen-bond donors (Lipinski definition) is 1. The molecule has 1 aromatic carbocycles. The van der Waals surface area contributed by atoms with Gasteiger partial charge in [0.2, 0.25) is 5.91 Å². The van der Waals surface area contributed by atoms with Crippen molar-refractivity contribution in [1.29, 1.82) is 0 Å². The van der Waals surface area contributed by atoms with Gasteiger partial charge in [-0.15, -0.1) is 0 Å². The third kappa shape index (κ3) is 3.38. The molecule has 108 valence electrons. The van der Waals surface area contributed by atoms with Crippen LogP contribution in [0.15, 0.2) is 24.3 Å². The molecule has 1 aliphatic heterocycles. The standard InChI is InChI=1S/C16H22N2O2/c1-3-12(2)17-16(20)13-7-9-14(10-8-13)18-11-5-4-6-15(18)19/h7-10,12H,3-6,11H2,1-2H3,(H,17,20). The molecule has 4 nitrogen and oxygen atoms in total. The molecule has 4 heteroatoms. The van der Waals surface area contributed by atoms with Crippen molar-refractivity contribution in [3.8, 4) is 0 Å². The van der Waals surface area contributed by atoms with E-state index in [2.05, 4.69) is 5.32 Å². The lowest BCUT2D eigenvalue weighted by atomic mass is 10.1. The van der Waals surface area contributed by atoms with Gasteiger partial charge in [0.05, 0.1) is 0 Å². The van der Waals surface area contributed by atoms with Gasteiger partial charge in [-0.05, 0) is 50.5 Å². The van der Waals surface area contributed by atoms with Crippen molar-refractivity contribution in [3.63, 3.8) is 0 Å². The summed E-state index contributed by atoms with van der Waals surface area (Å²) in [5.74, 6) is 0.115. The Bertz CT molecular complexity index is 482. The summed E-state index contributed by atoms with van der Waals surface area (Å²) in [6.45, 7) is 4.80. The normalized spacial score (nSPS) is 16.9. The average Bonchev–Trinajstić information content (AvgIpc) is 2.47. The van der Waals surface area contributed by atoms with Crippen LogP contribution in [-0.4, -0.2) is 24.4 Å². The zero-order valence-corrected chi connectivity index (χ0v) is 12.2. The van der Waals surface area contributed by atoms with Gasteiger partial charge in [0.1, 0.15) is 0 Å². The van der Waals surface area contributed by atoms with Gasteiger partial charge in [-0.1, -0.05) is 6.92 Å². The summed E-state index contributed by atoms with van der Waals surface area (Å²) in [5.41, 5.74) is 1.52. The van der Waals surface area contributed by atoms with Gasteiger partial charge in [-0.25, -0.2) is 0 Å². The summed E-state index contributed by atoms with van der Waals surface area (Å²) in [6.07, 6.45) is 3.55. The topological polar surface area (TPSA) is 49.4 Å². The highest BCUT2D eigenvalue weighted by molar-refractivity contribution is 5.97. The predicted octanol–water partition coefficient (Wildman–Crippen LogP) is 2.73. The highest BCUT2D eigenvalue weighted by Crippen LogP contribution is 2.21. The Morgan fingerprint density at radius 1 is 1.30 bits per heavy atom. The Labute approximate surface area is 120 Å². The summed E-state index contributed by atoms with van der Waals surface area (Å²) in [4.78, 5) is 25.6. The van der Waals surface area contributed by atoms with Gasteiger partial charge in [0, 0.05) is 30.3 Å². The number of nitrogens with zero attached hydrogens (tertiary/aromatic N) is 1. The summed E-state index contributed by atoms with van der Waals surface area (Å²) in [7, 11) is 0. The lowest BCUT2D eigenvalue weighted by Gasteiger charge is -2.26. The molecule has 1 N–H and O–H groups in total. The number of rotatable bonds is 4. The molecule has 1 aromatic rings.